The van der Waals surface area contributed by atoms with Crippen LogP contribution in [0.2, 0.25) is 25.7 Å². The number of hydrogen-bond donors (Lipinski definition) is 1. The molecule has 0 saturated heterocycles. The molecule has 0 aliphatic heterocycles. The van der Waals surface area contributed by atoms with Crippen LogP contribution in [0, 0.1) is 5.41 Å². The molecule has 0 aliphatic carbocycles. The highest BCUT2D eigenvalue weighted by Crippen LogP contribution is 2.27. The summed E-state index contributed by atoms with van der Waals surface area (Å²) in [5, 5.41) is 10.5. The monoisotopic (exact) mass is 703 g/mol. The molecule has 0 fully saturated rings. The van der Waals surface area contributed by atoms with Crippen LogP contribution in [0.25, 0.3) is 0 Å². The van der Waals surface area contributed by atoms with E-state index in [4.69, 9.17) is 9.47 Å². The zero-order valence-electron chi connectivity index (χ0n) is 33.8. The fraction of sp³-hybridized carbons (Fsp3) is 0.822. The Morgan fingerprint density at radius 3 is 1.29 bits per heavy atom. The fourth-order valence-corrected chi connectivity index (χ4v) is 6.75. The van der Waals surface area contributed by atoms with Gasteiger partial charge in [0.15, 0.2) is 0 Å². The molecule has 0 spiro atoms. The predicted molar refractivity (Wildman–Crippen MR) is 223 cm³/mol. The Labute approximate surface area is 308 Å². The van der Waals surface area contributed by atoms with Crippen molar-refractivity contribution in [2.24, 2.45) is 5.41 Å². The summed E-state index contributed by atoms with van der Waals surface area (Å²) in [7, 11) is -1.13. The van der Waals surface area contributed by atoms with Crippen LogP contribution in [0.3, 0.4) is 0 Å². The second kappa shape index (κ2) is 36.8. The van der Waals surface area contributed by atoms with Crippen molar-refractivity contribution in [3.8, 4) is 0 Å². The summed E-state index contributed by atoms with van der Waals surface area (Å²) in [5.74, 6) is 0. The van der Waals surface area contributed by atoms with Crippen LogP contribution in [-0.4, -0.2) is 46.2 Å². The van der Waals surface area contributed by atoms with Crippen molar-refractivity contribution in [2.75, 3.05) is 33.0 Å². The van der Waals surface area contributed by atoms with Gasteiger partial charge >= 0.3 is 0 Å². The number of ether oxygens (including phenoxy) is 2. The van der Waals surface area contributed by atoms with Crippen molar-refractivity contribution < 1.29 is 14.6 Å². The Morgan fingerprint density at radius 2 is 0.857 bits per heavy atom. The third-order valence-corrected chi connectivity index (χ3v) is 11.2. The molecule has 0 aromatic rings. The number of unbranched alkanes of at least 4 members (excludes halogenated alkanes) is 18. The lowest BCUT2D eigenvalue weighted by Crippen LogP contribution is -2.37. The van der Waals surface area contributed by atoms with Crippen molar-refractivity contribution in [1.82, 2.24) is 0 Å². The molecular weight excluding hydrogens is 617 g/mol. The van der Waals surface area contributed by atoms with Crippen molar-refractivity contribution in [2.45, 2.75) is 200 Å². The number of allylic oxidation sites excluding steroid dienone is 8. The lowest BCUT2D eigenvalue weighted by atomic mass is 9.84. The molecule has 0 amide bonds. The molecule has 0 radical (unpaired) electrons. The van der Waals surface area contributed by atoms with Gasteiger partial charge in [0.25, 0.3) is 0 Å². The first-order chi connectivity index (χ1) is 23.9. The molecule has 0 aliphatic rings. The number of rotatable bonds is 38. The molecule has 0 aromatic carbocycles. The van der Waals surface area contributed by atoms with E-state index in [9.17, 15) is 5.11 Å². The molecule has 4 heteroatoms. The Kier molecular flexibility index (Phi) is 36.1. The Bertz CT molecular complexity index is 781. The van der Waals surface area contributed by atoms with Crippen LogP contribution >= 0.6 is 0 Å². The largest absolute Gasteiger partial charge is 0.396 e. The van der Waals surface area contributed by atoms with Gasteiger partial charge in [0.2, 0.25) is 0 Å². The summed E-state index contributed by atoms with van der Waals surface area (Å²) in [6, 6.07) is 1.17. The van der Waals surface area contributed by atoms with E-state index in [2.05, 4.69) is 82.1 Å². The molecule has 0 aromatic heterocycles. The third-order valence-electron chi connectivity index (χ3n) is 9.55. The summed E-state index contributed by atoms with van der Waals surface area (Å²) in [5.41, 5.74) is -0.257. The van der Waals surface area contributed by atoms with Crippen molar-refractivity contribution in [3.05, 3.63) is 48.6 Å². The van der Waals surface area contributed by atoms with Gasteiger partial charge in [-0.25, -0.2) is 0 Å². The van der Waals surface area contributed by atoms with Crippen molar-refractivity contribution >= 4 is 8.07 Å². The van der Waals surface area contributed by atoms with Gasteiger partial charge in [-0.15, -0.1) is 0 Å². The van der Waals surface area contributed by atoms with Gasteiger partial charge in [-0.2, -0.15) is 0 Å². The summed E-state index contributed by atoms with van der Waals surface area (Å²) in [6.45, 7) is 14.7. The summed E-state index contributed by atoms with van der Waals surface area (Å²) in [6.07, 6.45) is 49.9. The molecular formula is C45H86O3Si. The molecule has 1 atom stereocenters. The molecule has 1 N–H and O–H groups in total. The van der Waals surface area contributed by atoms with Crippen LogP contribution in [0.5, 0.6) is 0 Å². The quantitative estimate of drug-likeness (QED) is 0.0395. The molecule has 49 heavy (non-hydrogen) atoms. The van der Waals surface area contributed by atoms with E-state index in [0.717, 1.165) is 45.3 Å². The lowest BCUT2D eigenvalue weighted by molar-refractivity contribution is -0.0550. The van der Waals surface area contributed by atoms with Gasteiger partial charge in [0.1, 0.15) is 0 Å². The predicted octanol–water partition coefficient (Wildman–Crippen LogP) is 14.4. The Morgan fingerprint density at radius 1 is 0.469 bits per heavy atom. The minimum atomic E-state index is -1.13. The lowest BCUT2D eigenvalue weighted by Gasteiger charge is -2.32. The first-order valence-electron chi connectivity index (χ1n) is 21.3. The van der Waals surface area contributed by atoms with Crippen molar-refractivity contribution in [1.29, 1.82) is 0 Å². The zero-order valence-corrected chi connectivity index (χ0v) is 34.8. The van der Waals surface area contributed by atoms with Crippen LogP contribution in [0.1, 0.15) is 174 Å². The highest BCUT2D eigenvalue weighted by molar-refractivity contribution is 6.76. The van der Waals surface area contributed by atoms with Gasteiger partial charge in [-0.3, -0.25) is 0 Å². The standard InChI is InChI=1S/C45H86O3Si/c1-6-8-10-12-14-16-18-20-22-24-26-28-30-32-34-36-38-45(42-46,44-48-40-41-49(3,4)5)43-47-39-37-35-33-31-29-27-25-23-21-19-17-15-13-11-9-7-2/h14-17,20-23,46H,6-13,18-19,24-44H2,1-5H3/b16-14-,17-15-,22-20-,23-21-. The molecule has 3 nitrogen and oxygen atoms in total. The third kappa shape index (κ3) is 36.6. The average molecular weight is 703 g/mol. The maximum absolute atomic E-state index is 10.5. The first kappa shape index (κ1) is 48.1. The number of aliphatic hydroxyl groups is 1. The molecule has 0 heterocycles. The maximum atomic E-state index is 10.5. The van der Waals surface area contributed by atoms with E-state index in [1.807, 2.05) is 0 Å². The summed E-state index contributed by atoms with van der Waals surface area (Å²) >= 11 is 0. The summed E-state index contributed by atoms with van der Waals surface area (Å²) in [4.78, 5) is 0. The first-order valence-corrected chi connectivity index (χ1v) is 25.0. The SMILES string of the molecule is CCCCC/C=C\C/C=C\CCCCCCCCOCC(CO)(CCCCCCCC/C=C\C/C=C\CCCCC)COCC[Si](C)(C)C. The van der Waals surface area contributed by atoms with Gasteiger partial charge in [0, 0.05) is 26.7 Å². The molecule has 0 saturated carbocycles. The molecule has 0 bridgehead atoms. The molecule has 1 unspecified atom stereocenters. The van der Waals surface area contributed by atoms with Gasteiger partial charge in [0.05, 0.1) is 19.8 Å². The Hall–Kier alpha value is -0.943. The van der Waals surface area contributed by atoms with Crippen LogP contribution < -0.4 is 0 Å². The van der Waals surface area contributed by atoms with E-state index in [0.29, 0.717) is 13.2 Å². The van der Waals surface area contributed by atoms with Gasteiger partial charge in [-0.05, 0) is 83.1 Å². The zero-order chi connectivity index (χ0) is 36.0. The fourth-order valence-electron chi connectivity index (χ4n) is 5.99. The number of hydrogen-bond acceptors (Lipinski definition) is 3. The van der Waals surface area contributed by atoms with Crippen molar-refractivity contribution in [3.63, 3.8) is 0 Å². The second-order valence-electron chi connectivity index (χ2n) is 16.0. The topological polar surface area (TPSA) is 38.7 Å². The van der Waals surface area contributed by atoms with E-state index in [1.165, 1.54) is 134 Å². The molecule has 288 valence electrons. The maximum Gasteiger partial charge on any atom is 0.0566 e. The van der Waals surface area contributed by atoms with E-state index in [-0.39, 0.29) is 12.0 Å². The van der Waals surface area contributed by atoms with Gasteiger partial charge < -0.3 is 14.6 Å². The molecule has 0 rings (SSSR count). The Balaban J connectivity index is 4.15. The average Bonchev–Trinajstić information content (AvgIpc) is 3.08. The highest BCUT2D eigenvalue weighted by Gasteiger charge is 2.30. The summed E-state index contributed by atoms with van der Waals surface area (Å²) < 4.78 is 12.4. The van der Waals surface area contributed by atoms with E-state index in [1.54, 1.807) is 0 Å². The highest BCUT2D eigenvalue weighted by atomic mass is 28.3. The number of aliphatic hydroxyl groups excluding tert-OH is 1. The normalized spacial score (nSPS) is 14.0. The minimum Gasteiger partial charge on any atom is -0.396 e. The van der Waals surface area contributed by atoms with Gasteiger partial charge in [-0.1, -0.05) is 166 Å². The smallest absolute Gasteiger partial charge is 0.0566 e. The van der Waals surface area contributed by atoms with Crippen LogP contribution in [0.4, 0.5) is 0 Å². The van der Waals surface area contributed by atoms with E-state index < -0.39 is 8.07 Å². The van der Waals surface area contributed by atoms with Crippen LogP contribution in [0.15, 0.2) is 48.6 Å². The van der Waals surface area contributed by atoms with Crippen LogP contribution in [-0.2, 0) is 9.47 Å². The second-order valence-corrected chi connectivity index (χ2v) is 21.6. The minimum absolute atomic E-state index is 0.157. The van der Waals surface area contributed by atoms with E-state index >= 15 is 0 Å².